The van der Waals surface area contributed by atoms with E-state index in [0.717, 1.165) is 0 Å². The molecule has 0 unspecified atom stereocenters. The van der Waals surface area contributed by atoms with Gasteiger partial charge in [0, 0.05) is 0 Å². The summed E-state index contributed by atoms with van der Waals surface area (Å²) in [5, 5.41) is 18.8. The van der Waals surface area contributed by atoms with Crippen molar-refractivity contribution in [3.63, 3.8) is 0 Å². The third-order valence-corrected chi connectivity index (χ3v) is 0.355. The van der Waals surface area contributed by atoms with Crippen LogP contribution in [0.5, 0.6) is 0 Å². The van der Waals surface area contributed by atoms with Gasteiger partial charge in [0.05, 0.1) is 11.9 Å². The summed E-state index contributed by atoms with van der Waals surface area (Å²) >= 11 is 0. The molecule has 0 heterocycles. The normalized spacial score (nSPS) is 8.44. The van der Waals surface area contributed by atoms with Crippen LogP contribution in [0.2, 0.25) is 0 Å². The van der Waals surface area contributed by atoms with Crippen LogP contribution >= 0.6 is 0 Å². The number of hydrogen-bond donors (Lipinski definition) is 0. The average Bonchev–Trinajstić information content (AvgIpc) is 1.61. The van der Waals surface area contributed by atoms with Crippen LogP contribution in [0.1, 0.15) is 0 Å². The molecule has 0 bridgehead atoms. The van der Waals surface area contributed by atoms with Crippen molar-refractivity contribution in [3.05, 3.63) is 12.2 Å². The quantitative estimate of drug-likeness (QED) is 0.511. The van der Waals surface area contributed by atoms with Crippen molar-refractivity contribution in [2.45, 2.75) is 0 Å². The van der Waals surface area contributed by atoms with Gasteiger partial charge in [-0.2, -0.15) is 0 Å². The molecule has 0 radical (unpaired) electrons. The standard InChI is InChI=1S/C4H4O4.Pt/c5-3(6)1-2-4(7)8;/h1-2H,(H,5,6)(H,7,8);/q;+2/p-2/b2-1+;. The monoisotopic (exact) mass is 309 g/mol. The van der Waals surface area contributed by atoms with E-state index in [-0.39, 0.29) is 21.1 Å². The summed E-state index contributed by atoms with van der Waals surface area (Å²) in [7, 11) is 0. The first kappa shape index (κ1) is 11.2. The van der Waals surface area contributed by atoms with E-state index in [0.29, 0.717) is 12.2 Å². The second kappa shape index (κ2) is 5.50. The molecule has 4 nitrogen and oxygen atoms in total. The number of aliphatic carboxylic acids is 2. The van der Waals surface area contributed by atoms with Gasteiger partial charge in [-0.25, -0.2) is 0 Å². The van der Waals surface area contributed by atoms with E-state index in [1.165, 1.54) is 0 Å². The number of carboxylic acid groups (broad SMARTS) is 2. The molecule has 9 heavy (non-hydrogen) atoms. The summed E-state index contributed by atoms with van der Waals surface area (Å²) in [6.45, 7) is 0. The van der Waals surface area contributed by atoms with Crippen LogP contribution in [-0.2, 0) is 30.7 Å². The molecular weight excluding hydrogens is 307 g/mol. The summed E-state index contributed by atoms with van der Waals surface area (Å²) in [5.74, 6) is -3.09. The van der Waals surface area contributed by atoms with E-state index in [1.807, 2.05) is 0 Å². The van der Waals surface area contributed by atoms with Gasteiger partial charge in [-0.1, -0.05) is 0 Å². The Kier molecular flexibility index (Phi) is 6.85. The van der Waals surface area contributed by atoms with Crippen LogP contribution < -0.4 is 10.2 Å². The Bertz CT molecular complexity index is 124. The first-order valence-electron chi connectivity index (χ1n) is 1.73. The third-order valence-electron chi connectivity index (χ3n) is 0.355. The third kappa shape index (κ3) is 11.1. The summed E-state index contributed by atoms with van der Waals surface area (Å²) in [4.78, 5) is 18.8. The van der Waals surface area contributed by atoms with Gasteiger partial charge >= 0.3 is 21.1 Å². The number of rotatable bonds is 2. The Morgan fingerprint density at radius 2 is 1.22 bits per heavy atom. The van der Waals surface area contributed by atoms with Crippen molar-refractivity contribution in [1.82, 2.24) is 0 Å². The molecule has 52 valence electrons. The topological polar surface area (TPSA) is 80.3 Å². The van der Waals surface area contributed by atoms with Crippen LogP contribution in [0.25, 0.3) is 0 Å². The predicted molar refractivity (Wildman–Crippen MR) is 19.2 cm³/mol. The van der Waals surface area contributed by atoms with Crippen LogP contribution in [-0.4, -0.2) is 11.9 Å². The molecule has 0 rings (SSSR count). The fourth-order valence-corrected chi connectivity index (χ4v) is 0.136. The van der Waals surface area contributed by atoms with Crippen molar-refractivity contribution < 1.29 is 40.9 Å². The largest absolute Gasteiger partial charge is 2.00 e. The molecule has 0 fully saturated rings. The maximum absolute atomic E-state index is 9.41. The smallest absolute Gasteiger partial charge is 0.545 e. The number of hydrogen-bond acceptors (Lipinski definition) is 4. The molecule has 0 amide bonds. The van der Waals surface area contributed by atoms with E-state index >= 15 is 0 Å². The summed E-state index contributed by atoms with van der Waals surface area (Å²) in [6.07, 6.45) is 0.769. The van der Waals surface area contributed by atoms with E-state index in [4.69, 9.17) is 0 Å². The second-order valence-corrected chi connectivity index (χ2v) is 0.971. The molecule has 0 spiro atoms. The SMILES string of the molecule is O=C([O-])/C=C/C(=O)[O-].[Pt+2]. The van der Waals surface area contributed by atoms with Gasteiger partial charge in [0.25, 0.3) is 0 Å². The molecule has 0 aromatic heterocycles. The van der Waals surface area contributed by atoms with Crippen molar-refractivity contribution in [3.8, 4) is 0 Å². The summed E-state index contributed by atoms with van der Waals surface area (Å²) < 4.78 is 0. The van der Waals surface area contributed by atoms with Crippen LogP contribution in [0.4, 0.5) is 0 Å². The van der Waals surface area contributed by atoms with Crippen molar-refractivity contribution in [1.29, 1.82) is 0 Å². The van der Waals surface area contributed by atoms with Crippen molar-refractivity contribution >= 4 is 11.9 Å². The minimum atomic E-state index is -1.55. The molecule has 0 saturated carbocycles. The zero-order valence-corrected chi connectivity index (χ0v) is 6.38. The van der Waals surface area contributed by atoms with E-state index in [2.05, 4.69) is 0 Å². The average molecular weight is 309 g/mol. The van der Waals surface area contributed by atoms with Gasteiger partial charge in [0.1, 0.15) is 0 Å². The van der Waals surface area contributed by atoms with Crippen LogP contribution in [0, 0.1) is 0 Å². The van der Waals surface area contributed by atoms with Gasteiger partial charge in [0.2, 0.25) is 0 Å². The second-order valence-electron chi connectivity index (χ2n) is 0.971. The molecule has 5 heteroatoms. The van der Waals surface area contributed by atoms with E-state index in [9.17, 15) is 19.8 Å². The minimum Gasteiger partial charge on any atom is -0.545 e. The fraction of sp³-hybridized carbons (Fsp3) is 0. The van der Waals surface area contributed by atoms with Gasteiger partial charge in [0.15, 0.2) is 0 Å². The van der Waals surface area contributed by atoms with E-state index < -0.39 is 11.9 Å². The molecule has 0 aromatic rings. The number of carbonyl (C=O) groups excluding carboxylic acids is 2. The van der Waals surface area contributed by atoms with Crippen molar-refractivity contribution in [2.24, 2.45) is 0 Å². The Hall–Kier alpha value is -0.632. The Morgan fingerprint density at radius 3 is 1.33 bits per heavy atom. The van der Waals surface area contributed by atoms with Gasteiger partial charge in [-0.3, -0.25) is 0 Å². The molecule has 0 aromatic carbocycles. The minimum absolute atomic E-state index is 0. The summed E-state index contributed by atoms with van der Waals surface area (Å²) in [5.41, 5.74) is 0. The molecule has 0 N–H and O–H groups in total. The molecular formula is C4H2O4Pt. The zero-order chi connectivity index (χ0) is 6.57. The maximum Gasteiger partial charge on any atom is 2.00 e. The van der Waals surface area contributed by atoms with Gasteiger partial charge < -0.3 is 19.8 Å². The van der Waals surface area contributed by atoms with Gasteiger partial charge in [-0.05, 0) is 12.2 Å². The Morgan fingerprint density at radius 1 is 1.00 bits per heavy atom. The first-order chi connectivity index (χ1) is 3.63. The predicted octanol–water partition coefficient (Wildman–Crippen LogP) is -2.96. The molecule has 0 aliphatic rings. The molecule has 0 aliphatic heterocycles. The Balaban J connectivity index is 0. The molecule has 0 aliphatic carbocycles. The number of carbonyl (C=O) groups is 2. The maximum atomic E-state index is 9.41. The van der Waals surface area contributed by atoms with Gasteiger partial charge in [-0.15, -0.1) is 0 Å². The van der Waals surface area contributed by atoms with Crippen LogP contribution in [0.3, 0.4) is 0 Å². The Labute approximate surface area is 65.4 Å². The van der Waals surface area contributed by atoms with E-state index in [1.54, 1.807) is 0 Å². The first-order valence-corrected chi connectivity index (χ1v) is 1.73. The molecule has 0 saturated heterocycles. The number of carboxylic acids is 2. The van der Waals surface area contributed by atoms with Crippen molar-refractivity contribution in [2.75, 3.05) is 0 Å². The fourth-order valence-electron chi connectivity index (χ4n) is 0.136. The summed E-state index contributed by atoms with van der Waals surface area (Å²) in [6, 6.07) is 0. The molecule has 0 atom stereocenters. The van der Waals surface area contributed by atoms with Crippen LogP contribution in [0.15, 0.2) is 12.2 Å². The zero-order valence-electron chi connectivity index (χ0n) is 4.10.